The fraction of sp³-hybridized carbons (Fsp3) is 0.474. The summed E-state index contributed by atoms with van der Waals surface area (Å²) < 4.78 is 19.2. The Kier molecular flexibility index (Phi) is 5.83. The third-order valence-electron chi connectivity index (χ3n) is 4.43. The Balaban J connectivity index is 1.66. The molecule has 0 unspecified atom stereocenters. The van der Waals surface area contributed by atoms with Crippen LogP contribution in [-0.4, -0.2) is 26.9 Å². The molecule has 1 N–H and O–H groups in total. The van der Waals surface area contributed by atoms with Crippen molar-refractivity contribution in [2.75, 3.05) is 0 Å². The van der Waals surface area contributed by atoms with Crippen LogP contribution in [0.5, 0.6) is 0 Å². The zero-order chi connectivity index (χ0) is 19.4. The summed E-state index contributed by atoms with van der Waals surface area (Å²) in [6.45, 7) is 4.25. The molecule has 2 aromatic rings. The molecule has 0 radical (unpaired) electrons. The third kappa shape index (κ3) is 4.69. The van der Waals surface area contributed by atoms with Crippen LogP contribution >= 0.6 is 0 Å². The minimum Gasteiger partial charge on any atom is -0.349 e. The number of hydrogen-bond donors (Lipinski definition) is 1. The van der Waals surface area contributed by atoms with Crippen molar-refractivity contribution in [3.05, 3.63) is 47.4 Å². The first kappa shape index (κ1) is 19.0. The van der Waals surface area contributed by atoms with E-state index < -0.39 is 0 Å². The summed E-state index contributed by atoms with van der Waals surface area (Å²) in [5.41, 5.74) is 0.443. The summed E-state index contributed by atoms with van der Waals surface area (Å²) in [5.74, 6) is 0.428. The highest BCUT2D eigenvalue weighted by molar-refractivity contribution is 5.78. The molecule has 0 bridgehead atoms. The maximum Gasteiger partial charge on any atom is 0.249 e. The van der Waals surface area contributed by atoms with Crippen LogP contribution in [0.1, 0.15) is 56.4 Å². The standard InChI is InChI=1S/C19H23FN4O3/c1-12(2)9-17(25)21-10-16-22-19(27-23-16)15-7-8-18(26)24(15)11-13-5-3-4-6-14(13)20/h3-6,12,15H,7-11H2,1-2H3,(H,21,25)/t15-/m0/s1. The minimum absolute atomic E-state index is 0.0754. The summed E-state index contributed by atoms with van der Waals surface area (Å²) in [6.07, 6.45) is 1.31. The van der Waals surface area contributed by atoms with Gasteiger partial charge >= 0.3 is 0 Å². The molecule has 2 heterocycles. The van der Waals surface area contributed by atoms with E-state index in [9.17, 15) is 14.0 Å². The number of hydrogen-bond acceptors (Lipinski definition) is 5. The van der Waals surface area contributed by atoms with Gasteiger partial charge < -0.3 is 14.7 Å². The number of amides is 2. The monoisotopic (exact) mass is 374 g/mol. The summed E-state index contributed by atoms with van der Waals surface area (Å²) in [4.78, 5) is 29.9. The van der Waals surface area contributed by atoms with Gasteiger partial charge in [-0.2, -0.15) is 4.98 Å². The van der Waals surface area contributed by atoms with Gasteiger partial charge in [0.1, 0.15) is 11.9 Å². The molecule has 27 heavy (non-hydrogen) atoms. The average molecular weight is 374 g/mol. The summed E-state index contributed by atoms with van der Waals surface area (Å²) >= 11 is 0. The van der Waals surface area contributed by atoms with Crippen LogP contribution < -0.4 is 5.32 Å². The number of benzene rings is 1. The molecule has 1 aliphatic heterocycles. The zero-order valence-electron chi connectivity index (χ0n) is 15.4. The van der Waals surface area contributed by atoms with Gasteiger partial charge in [-0.25, -0.2) is 4.39 Å². The van der Waals surface area contributed by atoms with Gasteiger partial charge in [0.15, 0.2) is 5.82 Å². The average Bonchev–Trinajstić information content (AvgIpc) is 3.22. The molecule has 1 aromatic heterocycles. The number of rotatable bonds is 7. The highest BCUT2D eigenvalue weighted by Gasteiger charge is 2.36. The number of halogens is 1. The molecule has 0 saturated carbocycles. The van der Waals surface area contributed by atoms with E-state index in [0.29, 0.717) is 36.5 Å². The van der Waals surface area contributed by atoms with Crippen LogP contribution in [0.3, 0.4) is 0 Å². The van der Waals surface area contributed by atoms with E-state index in [1.54, 1.807) is 23.1 Å². The van der Waals surface area contributed by atoms with E-state index in [1.807, 2.05) is 13.8 Å². The first-order chi connectivity index (χ1) is 12.9. The van der Waals surface area contributed by atoms with Crippen molar-refractivity contribution in [3.8, 4) is 0 Å². The summed E-state index contributed by atoms with van der Waals surface area (Å²) in [7, 11) is 0. The molecule has 0 spiro atoms. The van der Waals surface area contributed by atoms with Crippen molar-refractivity contribution in [2.45, 2.75) is 52.2 Å². The van der Waals surface area contributed by atoms with Crippen molar-refractivity contribution >= 4 is 11.8 Å². The van der Waals surface area contributed by atoms with Crippen LogP contribution in [-0.2, 0) is 22.7 Å². The zero-order valence-corrected chi connectivity index (χ0v) is 15.4. The maximum atomic E-state index is 13.9. The van der Waals surface area contributed by atoms with Crippen LogP contribution in [0.15, 0.2) is 28.8 Å². The van der Waals surface area contributed by atoms with Gasteiger partial charge in [-0.3, -0.25) is 9.59 Å². The molecule has 0 aliphatic carbocycles. The first-order valence-electron chi connectivity index (χ1n) is 9.06. The van der Waals surface area contributed by atoms with Crippen molar-refractivity contribution in [2.24, 2.45) is 5.92 Å². The lowest BCUT2D eigenvalue weighted by Crippen LogP contribution is -2.28. The van der Waals surface area contributed by atoms with Gasteiger partial charge in [-0.1, -0.05) is 37.2 Å². The second-order valence-corrected chi connectivity index (χ2v) is 7.09. The smallest absolute Gasteiger partial charge is 0.249 e. The van der Waals surface area contributed by atoms with Crippen molar-refractivity contribution in [1.29, 1.82) is 0 Å². The van der Waals surface area contributed by atoms with E-state index >= 15 is 0 Å². The number of carbonyl (C=O) groups is 2. The molecule has 1 atom stereocenters. The van der Waals surface area contributed by atoms with Gasteiger partial charge in [0.25, 0.3) is 0 Å². The van der Waals surface area contributed by atoms with Gasteiger partial charge in [0, 0.05) is 24.9 Å². The molecule has 1 saturated heterocycles. The highest BCUT2D eigenvalue weighted by Crippen LogP contribution is 2.33. The van der Waals surface area contributed by atoms with Crippen molar-refractivity contribution < 1.29 is 18.5 Å². The van der Waals surface area contributed by atoms with Crippen LogP contribution in [0.25, 0.3) is 0 Å². The molecule has 8 heteroatoms. The topological polar surface area (TPSA) is 88.3 Å². The van der Waals surface area contributed by atoms with Crippen molar-refractivity contribution in [1.82, 2.24) is 20.4 Å². The minimum atomic E-state index is -0.385. The molecule has 3 rings (SSSR count). The lowest BCUT2D eigenvalue weighted by molar-refractivity contribution is -0.130. The van der Waals surface area contributed by atoms with E-state index in [4.69, 9.17) is 4.52 Å². The molecule has 1 aliphatic rings. The number of aromatic nitrogens is 2. The Labute approximate surface area is 156 Å². The third-order valence-corrected chi connectivity index (χ3v) is 4.43. The van der Waals surface area contributed by atoms with E-state index in [0.717, 1.165) is 0 Å². The Bertz CT molecular complexity index is 821. The Morgan fingerprint density at radius 2 is 2.19 bits per heavy atom. The maximum absolute atomic E-state index is 13.9. The molecular weight excluding hydrogens is 351 g/mol. The molecule has 1 fully saturated rings. The Morgan fingerprint density at radius 3 is 2.93 bits per heavy atom. The van der Waals surface area contributed by atoms with Gasteiger partial charge in [0.2, 0.25) is 17.7 Å². The lowest BCUT2D eigenvalue weighted by atomic mass is 10.1. The van der Waals surface area contributed by atoms with Gasteiger partial charge in [0.05, 0.1) is 6.54 Å². The molecular formula is C19H23FN4O3. The normalized spacial score (nSPS) is 17.0. The largest absolute Gasteiger partial charge is 0.349 e. The van der Waals surface area contributed by atoms with Gasteiger partial charge in [-0.05, 0) is 18.4 Å². The number of likely N-dealkylation sites (tertiary alicyclic amines) is 1. The van der Waals surface area contributed by atoms with Crippen LogP contribution in [0.2, 0.25) is 0 Å². The molecule has 2 amide bonds. The number of nitrogens with zero attached hydrogens (tertiary/aromatic N) is 3. The second-order valence-electron chi connectivity index (χ2n) is 7.09. The molecule has 7 nitrogen and oxygen atoms in total. The second kappa shape index (κ2) is 8.28. The fourth-order valence-corrected chi connectivity index (χ4v) is 3.09. The summed E-state index contributed by atoms with van der Waals surface area (Å²) in [5, 5.41) is 6.63. The summed E-state index contributed by atoms with van der Waals surface area (Å²) in [6, 6.07) is 5.99. The molecule has 144 valence electrons. The SMILES string of the molecule is CC(C)CC(=O)NCc1noc([C@@H]2CCC(=O)N2Cc2ccccc2F)n1. The van der Waals surface area contributed by atoms with Crippen LogP contribution in [0.4, 0.5) is 4.39 Å². The van der Waals surface area contributed by atoms with Crippen LogP contribution in [0, 0.1) is 11.7 Å². The Morgan fingerprint density at radius 1 is 1.41 bits per heavy atom. The van der Waals surface area contributed by atoms with Gasteiger partial charge in [-0.15, -0.1) is 0 Å². The van der Waals surface area contributed by atoms with E-state index in [2.05, 4.69) is 15.5 Å². The van der Waals surface area contributed by atoms with E-state index in [1.165, 1.54) is 6.07 Å². The predicted molar refractivity (Wildman–Crippen MR) is 94.5 cm³/mol. The number of carbonyl (C=O) groups excluding carboxylic acids is 2. The predicted octanol–water partition coefficient (Wildman–Crippen LogP) is 2.73. The molecule has 1 aromatic carbocycles. The first-order valence-corrected chi connectivity index (χ1v) is 9.06. The fourth-order valence-electron chi connectivity index (χ4n) is 3.09. The number of nitrogens with one attached hydrogen (secondary N) is 1. The lowest BCUT2D eigenvalue weighted by Gasteiger charge is -2.22. The Hall–Kier alpha value is -2.77. The quantitative estimate of drug-likeness (QED) is 0.805. The van der Waals surface area contributed by atoms with Crippen molar-refractivity contribution in [3.63, 3.8) is 0 Å². The van der Waals surface area contributed by atoms with E-state index in [-0.39, 0.29) is 42.7 Å². The highest BCUT2D eigenvalue weighted by atomic mass is 19.1.